The van der Waals surface area contributed by atoms with Crippen LogP contribution in [0.3, 0.4) is 0 Å². The van der Waals surface area contributed by atoms with Gasteiger partial charge in [0.2, 0.25) is 0 Å². The summed E-state index contributed by atoms with van der Waals surface area (Å²) in [4.78, 5) is 9.58. The normalized spacial score (nSPS) is 25.2. The highest BCUT2D eigenvalue weighted by Crippen LogP contribution is 2.32. The van der Waals surface area contributed by atoms with Crippen LogP contribution < -0.4 is 5.32 Å². The second-order valence-corrected chi connectivity index (χ2v) is 8.27. The molecular weight excluding hydrogens is 338 g/mol. The van der Waals surface area contributed by atoms with Gasteiger partial charge in [0.25, 0.3) is 0 Å². The topological polar surface area (TPSA) is 61.6 Å². The van der Waals surface area contributed by atoms with E-state index in [9.17, 15) is 0 Å². The lowest BCUT2D eigenvalue weighted by Gasteiger charge is -2.43. The molecular formula is C20H37N7. The first-order valence-corrected chi connectivity index (χ1v) is 10.7. The first-order chi connectivity index (χ1) is 13.1. The van der Waals surface area contributed by atoms with Crippen LogP contribution in [-0.2, 0) is 13.1 Å². The molecule has 0 bridgehead atoms. The Kier molecular flexibility index (Phi) is 7.10. The van der Waals surface area contributed by atoms with E-state index in [1.54, 1.807) is 6.33 Å². The van der Waals surface area contributed by atoms with Gasteiger partial charge in [-0.2, -0.15) is 0 Å². The van der Waals surface area contributed by atoms with Crippen molar-refractivity contribution in [1.82, 2.24) is 29.9 Å². The molecule has 3 rings (SSSR count). The van der Waals surface area contributed by atoms with E-state index in [0.29, 0.717) is 6.54 Å². The van der Waals surface area contributed by atoms with E-state index in [4.69, 9.17) is 0 Å². The molecule has 2 fully saturated rings. The molecule has 1 aliphatic heterocycles. The van der Waals surface area contributed by atoms with Gasteiger partial charge < -0.3 is 14.8 Å². The summed E-state index contributed by atoms with van der Waals surface area (Å²) in [7, 11) is 1.87. The number of hydrogen-bond acceptors (Lipinski definition) is 4. The fraction of sp³-hybridized carbons (Fsp3) is 0.850. The van der Waals surface area contributed by atoms with Crippen LogP contribution >= 0.6 is 0 Å². The van der Waals surface area contributed by atoms with Crippen LogP contribution in [0.15, 0.2) is 11.3 Å². The number of rotatable bonds is 5. The standard InChI is InChI=1S/C20H37N7/c1-5-25-15-23-24-19(25)14-22-20(21-4)27-12-10-26(11-13-27)18-8-6-17(7-9-18)16(2)3/h15-18H,5-14H2,1-4H3,(H,21,22). The van der Waals surface area contributed by atoms with Crippen molar-refractivity contribution in [3.05, 3.63) is 12.2 Å². The lowest BCUT2D eigenvalue weighted by Crippen LogP contribution is -2.55. The molecule has 1 aromatic rings. The van der Waals surface area contributed by atoms with Crippen LogP contribution in [0.1, 0.15) is 52.3 Å². The third kappa shape index (κ3) is 5.00. The highest BCUT2D eigenvalue weighted by atomic mass is 15.4. The number of aromatic nitrogens is 3. The fourth-order valence-electron chi connectivity index (χ4n) is 4.60. The van der Waals surface area contributed by atoms with Gasteiger partial charge in [0.1, 0.15) is 6.33 Å². The van der Waals surface area contributed by atoms with Gasteiger partial charge in [-0.25, -0.2) is 0 Å². The Hall–Kier alpha value is -1.63. The molecule has 2 aliphatic rings. The SMILES string of the molecule is CCn1cnnc1CNC(=NC)N1CCN(C2CCC(C(C)C)CC2)CC1. The average Bonchev–Trinajstić information content (AvgIpc) is 3.16. The lowest BCUT2D eigenvalue weighted by molar-refractivity contribution is 0.0864. The predicted molar refractivity (Wildman–Crippen MR) is 110 cm³/mol. The molecule has 1 saturated carbocycles. The maximum Gasteiger partial charge on any atom is 0.194 e. The molecule has 0 radical (unpaired) electrons. The summed E-state index contributed by atoms with van der Waals surface area (Å²) in [6, 6.07) is 0.792. The van der Waals surface area contributed by atoms with E-state index in [1.807, 2.05) is 7.05 Å². The van der Waals surface area contributed by atoms with Crippen LogP contribution in [0.25, 0.3) is 0 Å². The van der Waals surface area contributed by atoms with Crippen LogP contribution in [0.4, 0.5) is 0 Å². The van der Waals surface area contributed by atoms with Gasteiger partial charge >= 0.3 is 0 Å². The Morgan fingerprint density at radius 2 is 1.89 bits per heavy atom. The van der Waals surface area contributed by atoms with Gasteiger partial charge in [0.05, 0.1) is 6.54 Å². The molecule has 0 unspecified atom stereocenters. The van der Waals surface area contributed by atoms with Crippen LogP contribution in [0.5, 0.6) is 0 Å². The van der Waals surface area contributed by atoms with Crippen LogP contribution in [-0.4, -0.2) is 69.8 Å². The minimum atomic E-state index is 0.667. The first kappa shape index (κ1) is 20.1. The summed E-state index contributed by atoms with van der Waals surface area (Å²) in [5.74, 6) is 3.72. The molecule has 1 aromatic heterocycles. The van der Waals surface area contributed by atoms with Gasteiger partial charge in [-0.1, -0.05) is 13.8 Å². The minimum absolute atomic E-state index is 0.667. The summed E-state index contributed by atoms with van der Waals surface area (Å²) < 4.78 is 2.06. The highest BCUT2D eigenvalue weighted by Gasteiger charge is 2.29. The summed E-state index contributed by atoms with van der Waals surface area (Å²) in [5.41, 5.74) is 0. The van der Waals surface area contributed by atoms with Crippen LogP contribution in [0.2, 0.25) is 0 Å². The minimum Gasteiger partial charge on any atom is -0.349 e. The Balaban J connectivity index is 1.45. The molecule has 27 heavy (non-hydrogen) atoms. The van der Waals surface area contributed by atoms with Crippen molar-refractivity contribution in [3.63, 3.8) is 0 Å². The zero-order valence-electron chi connectivity index (χ0n) is 17.6. The maximum absolute atomic E-state index is 4.49. The quantitative estimate of drug-likeness (QED) is 0.631. The summed E-state index contributed by atoms with van der Waals surface area (Å²) in [5, 5.41) is 11.7. The molecule has 0 spiro atoms. The number of aliphatic imine (C=N–C) groups is 1. The smallest absolute Gasteiger partial charge is 0.194 e. The average molecular weight is 376 g/mol. The van der Waals surface area contributed by atoms with Gasteiger partial charge in [0, 0.05) is 45.8 Å². The Labute approximate surface area is 164 Å². The molecule has 7 nitrogen and oxygen atoms in total. The van der Waals surface area contributed by atoms with Crippen molar-refractivity contribution >= 4 is 5.96 Å². The van der Waals surface area contributed by atoms with Crippen LogP contribution in [0, 0.1) is 11.8 Å². The second kappa shape index (κ2) is 9.53. The molecule has 7 heteroatoms. The number of piperazine rings is 1. The van der Waals surface area contributed by atoms with E-state index in [2.05, 4.69) is 55.6 Å². The van der Waals surface area contributed by atoms with E-state index < -0.39 is 0 Å². The summed E-state index contributed by atoms with van der Waals surface area (Å²) >= 11 is 0. The molecule has 2 heterocycles. The lowest BCUT2D eigenvalue weighted by atomic mass is 9.79. The second-order valence-electron chi connectivity index (χ2n) is 8.27. The van der Waals surface area contributed by atoms with Gasteiger partial charge in [-0.15, -0.1) is 10.2 Å². The van der Waals surface area contributed by atoms with E-state index in [-0.39, 0.29) is 0 Å². The third-order valence-electron chi connectivity index (χ3n) is 6.47. The molecule has 0 atom stereocenters. The fourth-order valence-corrected chi connectivity index (χ4v) is 4.60. The number of nitrogens with one attached hydrogen (secondary N) is 1. The molecule has 0 aromatic carbocycles. The Bertz CT molecular complexity index is 593. The zero-order chi connectivity index (χ0) is 19.2. The number of guanidine groups is 1. The molecule has 1 saturated heterocycles. The van der Waals surface area contributed by atoms with Gasteiger partial charge in [-0.3, -0.25) is 9.89 Å². The van der Waals surface area contributed by atoms with E-state index in [1.165, 1.54) is 25.7 Å². The number of nitrogens with zero attached hydrogens (tertiary/aromatic N) is 6. The molecule has 152 valence electrons. The molecule has 1 N–H and O–H groups in total. The number of aryl methyl sites for hydroxylation is 1. The Morgan fingerprint density at radius 3 is 2.48 bits per heavy atom. The van der Waals surface area contributed by atoms with Crippen molar-refractivity contribution in [1.29, 1.82) is 0 Å². The van der Waals surface area contributed by atoms with Crippen molar-refractivity contribution < 1.29 is 0 Å². The van der Waals surface area contributed by atoms with Gasteiger partial charge in [0.15, 0.2) is 11.8 Å². The van der Waals surface area contributed by atoms with Crippen molar-refractivity contribution in [3.8, 4) is 0 Å². The predicted octanol–water partition coefficient (Wildman–Crippen LogP) is 2.21. The zero-order valence-corrected chi connectivity index (χ0v) is 17.6. The number of hydrogen-bond donors (Lipinski definition) is 1. The van der Waals surface area contributed by atoms with Crippen molar-refractivity contribution in [2.45, 2.75) is 65.6 Å². The summed E-state index contributed by atoms with van der Waals surface area (Å²) in [6.07, 6.45) is 7.35. The van der Waals surface area contributed by atoms with E-state index >= 15 is 0 Å². The summed E-state index contributed by atoms with van der Waals surface area (Å²) in [6.45, 7) is 12.8. The monoisotopic (exact) mass is 375 g/mol. The van der Waals surface area contributed by atoms with Gasteiger partial charge in [-0.05, 0) is 44.4 Å². The third-order valence-corrected chi connectivity index (χ3v) is 6.47. The Morgan fingerprint density at radius 1 is 1.19 bits per heavy atom. The largest absolute Gasteiger partial charge is 0.349 e. The van der Waals surface area contributed by atoms with Crippen molar-refractivity contribution in [2.24, 2.45) is 16.8 Å². The molecule has 0 amide bonds. The van der Waals surface area contributed by atoms with E-state index in [0.717, 1.165) is 62.4 Å². The highest BCUT2D eigenvalue weighted by molar-refractivity contribution is 5.79. The first-order valence-electron chi connectivity index (χ1n) is 10.7. The van der Waals surface area contributed by atoms with Crippen molar-refractivity contribution in [2.75, 3.05) is 33.2 Å². The molecule has 1 aliphatic carbocycles. The maximum atomic E-state index is 4.49.